The Morgan fingerprint density at radius 3 is 2.90 bits per heavy atom. The second-order valence-corrected chi connectivity index (χ2v) is 8.55. The molecule has 1 aliphatic heterocycles. The third-order valence-corrected chi connectivity index (χ3v) is 6.14. The molecule has 0 spiro atoms. The van der Waals surface area contributed by atoms with E-state index < -0.39 is 10.0 Å². The smallest absolute Gasteiger partial charge is 0.240 e. The van der Waals surface area contributed by atoms with Crippen molar-refractivity contribution in [2.75, 3.05) is 32.1 Å². The van der Waals surface area contributed by atoms with Gasteiger partial charge in [-0.1, -0.05) is 12.1 Å². The lowest BCUT2D eigenvalue weighted by molar-refractivity contribution is 0.588. The van der Waals surface area contributed by atoms with E-state index in [1.807, 2.05) is 11.0 Å². The molecule has 1 fully saturated rings. The molecule has 0 saturated carbocycles. The van der Waals surface area contributed by atoms with Crippen LogP contribution < -0.4 is 20.3 Å². The molecule has 0 radical (unpaired) electrons. The predicted octanol–water partition coefficient (Wildman–Crippen LogP) is 1.07. The van der Waals surface area contributed by atoms with Gasteiger partial charge in [0, 0.05) is 38.9 Å². The van der Waals surface area contributed by atoms with E-state index in [1.165, 1.54) is 13.1 Å². The Morgan fingerprint density at radius 1 is 1.34 bits per heavy atom. The summed E-state index contributed by atoms with van der Waals surface area (Å²) in [7, 11) is -0.434. The lowest BCUT2D eigenvalue weighted by Gasteiger charge is -2.20. The molecule has 1 aliphatic rings. The number of halogens is 1. The van der Waals surface area contributed by atoms with Crippen LogP contribution >= 0.6 is 0 Å². The van der Waals surface area contributed by atoms with Crippen molar-refractivity contribution in [1.82, 2.24) is 20.3 Å². The first-order valence-electron chi connectivity index (χ1n) is 9.28. The summed E-state index contributed by atoms with van der Waals surface area (Å²) in [5, 5.41) is 6.52. The molecule has 2 aromatic rings. The highest BCUT2D eigenvalue weighted by Crippen LogP contribution is 2.20. The maximum absolute atomic E-state index is 13.9. The molecule has 0 bridgehead atoms. The van der Waals surface area contributed by atoms with Crippen LogP contribution in [0.15, 0.2) is 52.5 Å². The highest BCUT2D eigenvalue weighted by atomic mass is 32.2. The maximum atomic E-state index is 13.9. The molecule has 29 heavy (non-hydrogen) atoms. The zero-order valence-corrected chi connectivity index (χ0v) is 17.2. The van der Waals surface area contributed by atoms with E-state index >= 15 is 0 Å². The van der Waals surface area contributed by atoms with Crippen LogP contribution in [0.1, 0.15) is 12.0 Å². The summed E-state index contributed by atoms with van der Waals surface area (Å²) in [5.41, 5.74) is 0.813. The topological polar surface area (TPSA) is 98.7 Å². The summed E-state index contributed by atoms with van der Waals surface area (Å²) >= 11 is 0. The number of guanidine groups is 1. The fourth-order valence-electron chi connectivity index (χ4n) is 3.19. The number of aromatic nitrogens is 1. The minimum absolute atomic E-state index is 0.0959. The summed E-state index contributed by atoms with van der Waals surface area (Å²) in [4.78, 5) is 10.5. The summed E-state index contributed by atoms with van der Waals surface area (Å²) in [6.07, 6.45) is 2.41. The van der Waals surface area contributed by atoms with Gasteiger partial charge >= 0.3 is 0 Å². The highest BCUT2D eigenvalue weighted by Gasteiger charge is 2.25. The second-order valence-electron chi connectivity index (χ2n) is 6.67. The summed E-state index contributed by atoms with van der Waals surface area (Å²) in [5.74, 6) is 0.634. The molecule has 156 valence electrons. The van der Waals surface area contributed by atoms with Gasteiger partial charge in [0.25, 0.3) is 0 Å². The maximum Gasteiger partial charge on any atom is 0.240 e. The third kappa shape index (κ3) is 5.21. The van der Waals surface area contributed by atoms with Gasteiger partial charge < -0.3 is 15.5 Å². The van der Waals surface area contributed by atoms with Crippen LogP contribution in [0, 0.1) is 5.82 Å². The van der Waals surface area contributed by atoms with E-state index in [0.717, 1.165) is 12.0 Å². The quantitative estimate of drug-likeness (QED) is 0.478. The van der Waals surface area contributed by atoms with Gasteiger partial charge in [-0.15, -0.1) is 0 Å². The number of pyridine rings is 1. The first-order chi connectivity index (χ1) is 13.9. The zero-order chi connectivity index (χ0) is 20.9. The van der Waals surface area contributed by atoms with Crippen molar-refractivity contribution in [2.45, 2.75) is 23.9 Å². The molecule has 3 rings (SSSR count). The number of aliphatic imine (C=N–C) groups is 1. The molecular weight excluding hydrogens is 395 g/mol. The Bertz CT molecular complexity index is 982. The lowest BCUT2D eigenvalue weighted by atomic mass is 10.2. The molecule has 1 unspecified atom stereocenters. The van der Waals surface area contributed by atoms with Crippen LogP contribution in [0.5, 0.6) is 0 Å². The summed E-state index contributed by atoms with van der Waals surface area (Å²) in [6, 6.07) is 9.79. The number of benzene rings is 1. The van der Waals surface area contributed by atoms with E-state index in [0.29, 0.717) is 31.4 Å². The van der Waals surface area contributed by atoms with Crippen molar-refractivity contribution in [1.29, 1.82) is 0 Å². The Labute approximate surface area is 170 Å². The molecule has 10 heteroatoms. The van der Waals surface area contributed by atoms with Gasteiger partial charge in [-0.05, 0) is 43.3 Å². The standard InChI is InChI=1S/C19H25FN6O2S/c1-21-19(24-12-14-5-3-6-16(11-14)29(27,28)22-2)25-15-8-10-26(13-15)18-17(20)7-4-9-23-18/h3-7,9,11,15,22H,8,10,12-13H2,1-2H3,(H2,21,24,25). The van der Waals surface area contributed by atoms with Crippen LogP contribution in [0.4, 0.5) is 10.2 Å². The summed E-state index contributed by atoms with van der Waals surface area (Å²) < 4.78 is 40.1. The van der Waals surface area contributed by atoms with Crippen molar-refractivity contribution < 1.29 is 12.8 Å². The van der Waals surface area contributed by atoms with Gasteiger partial charge in [-0.3, -0.25) is 4.99 Å². The van der Waals surface area contributed by atoms with E-state index in [-0.39, 0.29) is 16.8 Å². The second kappa shape index (κ2) is 9.19. The Balaban J connectivity index is 1.57. The van der Waals surface area contributed by atoms with Crippen LogP contribution in [0.3, 0.4) is 0 Å². The average molecular weight is 421 g/mol. The van der Waals surface area contributed by atoms with Crippen LogP contribution in [-0.4, -0.2) is 52.6 Å². The molecule has 8 nitrogen and oxygen atoms in total. The molecule has 0 aliphatic carbocycles. The molecular formula is C19H25FN6O2S. The Kier molecular flexibility index (Phi) is 6.65. The van der Waals surface area contributed by atoms with Gasteiger partial charge in [0.1, 0.15) is 0 Å². The third-order valence-electron chi connectivity index (χ3n) is 4.73. The van der Waals surface area contributed by atoms with Crippen molar-refractivity contribution >= 4 is 21.8 Å². The normalized spacial score (nSPS) is 17.4. The van der Waals surface area contributed by atoms with Gasteiger partial charge in [0.15, 0.2) is 17.6 Å². The van der Waals surface area contributed by atoms with Gasteiger partial charge in [0.05, 0.1) is 4.90 Å². The highest BCUT2D eigenvalue weighted by molar-refractivity contribution is 7.89. The van der Waals surface area contributed by atoms with Crippen LogP contribution in [-0.2, 0) is 16.6 Å². The minimum Gasteiger partial charge on any atom is -0.352 e. The monoisotopic (exact) mass is 420 g/mol. The molecule has 1 aromatic heterocycles. The molecule has 1 atom stereocenters. The first kappa shape index (κ1) is 21.0. The Morgan fingerprint density at radius 2 is 2.17 bits per heavy atom. The summed E-state index contributed by atoms with van der Waals surface area (Å²) in [6.45, 7) is 1.73. The lowest BCUT2D eigenvalue weighted by Crippen LogP contribution is -2.44. The average Bonchev–Trinajstić information content (AvgIpc) is 3.20. The number of anilines is 1. The molecule has 3 N–H and O–H groups in total. The van der Waals surface area contributed by atoms with E-state index in [2.05, 4.69) is 25.3 Å². The number of nitrogens with one attached hydrogen (secondary N) is 3. The fourth-order valence-corrected chi connectivity index (χ4v) is 3.99. The zero-order valence-electron chi connectivity index (χ0n) is 16.4. The number of sulfonamides is 1. The number of rotatable bonds is 6. The molecule has 1 saturated heterocycles. The van der Waals surface area contributed by atoms with Crippen molar-refractivity contribution in [3.05, 3.63) is 54.0 Å². The fraction of sp³-hybridized carbons (Fsp3) is 0.368. The number of nitrogens with zero attached hydrogens (tertiary/aromatic N) is 3. The van der Waals surface area contributed by atoms with Crippen molar-refractivity contribution in [2.24, 2.45) is 4.99 Å². The van der Waals surface area contributed by atoms with Crippen LogP contribution in [0.25, 0.3) is 0 Å². The Hall–Kier alpha value is -2.72. The molecule has 1 aromatic carbocycles. The van der Waals surface area contributed by atoms with Gasteiger partial charge in [-0.2, -0.15) is 0 Å². The van der Waals surface area contributed by atoms with Crippen LogP contribution in [0.2, 0.25) is 0 Å². The van der Waals surface area contributed by atoms with E-state index in [1.54, 1.807) is 37.5 Å². The SMILES string of the molecule is CN=C(NCc1cccc(S(=O)(=O)NC)c1)NC1CCN(c2ncccc2F)C1. The minimum atomic E-state index is -3.49. The van der Waals surface area contributed by atoms with E-state index in [9.17, 15) is 12.8 Å². The van der Waals surface area contributed by atoms with Gasteiger partial charge in [-0.25, -0.2) is 22.5 Å². The number of hydrogen-bond donors (Lipinski definition) is 3. The molecule has 2 heterocycles. The number of hydrogen-bond acceptors (Lipinski definition) is 5. The van der Waals surface area contributed by atoms with E-state index in [4.69, 9.17) is 0 Å². The van der Waals surface area contributed by atoms with Crippen molar-refractivity contribution in [3.63, 3.8) is 0 Å². The van der Waals surface area contributed by atoms with Crippen molar-refractivity contribution in [3.8, 4) is 0 Å². The largest absolute Gasteiger partial charge is 0.352 e. The first-order valence-corrected chi connectivity index (χ1v) is 10.8. The van der Waals surface area contributed by atoms with Gasteiger partial charge in [0.2, 0.25) is 10.0 Å². The molecule has 0 amide bonds. The predicted molar refractivity (Wildman–Crippen MR) is 111 cm³/mol.